The van der Waals surface area contributed by atoms with Gasteiger partial charge in [0.05, 0.1) is 40.2 Å². The number of benzene rings is 3. The maximum atomic E-state index is 10.7. The molecule has 0 aliphatic heterocycles. The number of aromatic carboxylic acids is 1. The van der Waals surface area contributed by atoms with Crippen molar-refractivity contribution in [3.05, 3.63) is 111 Å². The summed E-state index contributed by atoms with van der Waals surface area (Å²) >= 11 is 0. The summed E-state index contributed by atoms with van der Waals surface area (Å²) in [6, 6.07) is 22.0. The van der Waals surface area contributed by atoms with Crippen LogP contribution in [0.4, 0.5) is 11.4 Å². The molecule has 0 amide bonds. The Balaban J connectivity index is 0.000000505. The van der Waals surface area contributed by atoms with Gasteiger partial charge in [0.25, 0.3) is 0 Å². The number of hydrogen-bond donors (Lipinski definition) is 2. The van der Waals surface area contributed by atoms with Crippen LogP contribution in [0.25, 0.3) is 0 Å². The molecule has 0 spiro atoms. The third-order valence-electron chi connectivity index (χ3n) is 8.75. The van der Waals surface area contributed by atoms with E-state index in [9.17, 15) is 15.0 Å². The molecule has 2 N–H and O–H groups in total. The first kappa shape index (κ1) is 42.9. The number of carboxylic acid groups (broad SMARTS) is 1. The first-order chi connectivity index (χ1) is 23.5. The number of hydrogen-bond acceptors (Lipinski definition) is 7. The number of phenols is 2. The molecule has 0 saturated carbocycles. The quantitative estimate of drug-likeness (QED) is 0.124. The van der Waals surface area contributed by atoms with Crippen molar-refractivity contribution in [2.45, 2.75) is 113 Å². The predicted octanol–water partition coefficient (Wildman–Crippen LogP) is 10.4. The number of pyridine rings is 1. The summed E-state index contributed by atoms with van der Waals surface area (Å²) in [4.78, 5) is 26.0. The van der Waals surface area contributed by atoms with Crippen LogP contribution in [0, 0.1) is 0 Å². The van der Waals surface area contributed by atoms with Crippen LogP contribution in [-0.2, 0) is 16.8 Å². The molecule has 0 unspecified atom stereocenters. The number of nitrogens with zero attached hydrogens (tertiary/aromatic N) is 3. The zero-order valence-electron chi connectivity index (χ0n) is 32.1. The summed E-state index contributed by atoms with van der Waals surface area (Å²) in [5.41, 5.74) is 11.0. The Bertz CT molecular complexity index is 1730. The van der Waals surface area contributed by atoms with Crippen molar-refractivity contribution in [1.29, 1.82) is 0 Å². The zero-order valence-corrected chi connectivity index (χ0v) is 33.2. The molecule has 0 saturated heterocycles. The Labute approximate surface area is 315 Å². The topological polar surface area (TPSA) is 118 Å². The largest absolute Gasteiger partial charge is 1.00 e. The van der Waals surface area contributed by atoms with E-state index >= 15 is 0 Å². The van der Waals surface area contributed by atoms with Gasteiger partial charge >= 0.3 is 16.8 Å². The molecule has 0 aliphatic carbocycles. The number of phenolic OH excluding ortho intramolecular Hbond substituents is 1. The van der Waals surface area contributed by atoms with E-state index < -0.39 is 17.5 Å². The van der Waals surface area contributed by atoms with Crippen molar-refractivity contribution in [3.8, 4) is 11.5 Å². The molecule has 8 heteroatoms. The molecule has 1 heterocycles. The Morgan fingerprint density at radius 3 is 1.22 bits per heavy atom. The molecule has 0 bridgehead atoms. The van der Waals surface area contributed by atoms with E-state index in [1.54, 1.807) is 13.8 Å². The summed E-state index contributed by atoms with van der Waals surface area (Å²) in [5, 5.41) is 29.2. The van der Waals surface area contributed by atoms with Crippen molar-refractivity contribution < 1.29 is 36.9 Å². The average Bonchev–Trinajstić information content (AvgIpc) is 3.05. The first-order valence-electron chi connectivity index (χ1n) is 17.6. The summed E-state index contributed by atoms with van der Waals surface area (Å²) < 4.78 is 0. The van der Waals surface area contributed by atoms with Crippen LogP contribution in [0.2, 0.25) is 0 Å². The summed E-state index contributed by atoms with van der Waals surface area (Å²) in [7, 11) is 0. The number of carboxylic acids is 1. The second-order valence-corrected chi connectivity index (χ2v) is 14.3. The molecule has 4 aromatic rings. The van der Waals surface area contributed by atoms with Gasteiger partial charge in [-0.3, -0.25) is 9.98 Å². The number of carbonyl (C=O) groups excluding carboxylic acids is 1. The van der Waals surface area contributed by atoms with Crippen molar-refractivity contribution in [2.24, 2.45) is 9.98 Å². The standard InChI is InChI=1S/C33H43N3.C10H12O4.Co/c1-20(2)26-14-11-15-27(21(3)4)32(26)34-24(9)30-18-13-19-31(36-30)25(10)35-33-28(22(5)6)16-12-17-29(33)23(7)8;1-5(2)6-3-4-7(11)9(12)8(6)10(13)14;/h11-23H,1-10H3;3-5,11-12H,1-2H3,(H,13,14);/q;;+1/p-1. The Hall–Kier alpha value is -4.27. The molecular formula is C43H54CoN3O4. The third kappa shape index (κ3) is 10.6. The summed E-state index contributed by atoms with van der Waals surface area (Å²) in [6.07, 6.45) is 0. The predicted molar refractivity (Wildman–Crippen MR) is 205 cm³/mol. The van der Waals surface area contributed by atoms with Gasteiger partial charge in [-0.05, 0) is 89.5 Å². The van der Waals surface area contributed by atoms with Crippen molar-refractivity contribution in [2.75, 3.05) is 0 Å². The van der Waals surface area contributed by atoms with Gasteiger partial charge in [0, 0.05) is 5.56 Å². The molecule has 274 valence electrons. The summed E-state index contributed by atoms with van der Waals surface area (Å²) in [6.45, 7) is 25.5. The molecular weight excluding hydrogens is 681 g/mol. The van der Waals surface area contributed by atoms with Crippen LogP contribution in [0.1, 0.15) is 162 Å². The number of aromatic nitrogens is 1. The normalized spacial score (nSPS) is 12.0. The fourth-order valence-corrected chi connectivity index (χ4v) is 5.86. The molecule has 1 aromatic heterocycles. The monoisotopic (exact) mass is 735 g/mol. The number of rotatable bonds is 10. The maximum Gasteiger partial charge on any atom is 1.00 e. The SMILES string of the molecule is CC(=Nc1c(C(C)C)cccc1C(C)C)c1cccc(C(C)=Nc2c(C(C)C)cccc2C(C)C)n1.CC(C)c1ccc(O)c(O)c1C(=O)[O-].[Co+]. The Kier molecular flexibility index (Phi) is 15.8. The molecule has 7 nitrogen and oxygen atoms in total. The fraction of sp³-hybridized carbons (Fsp3) is 0.395. The number of carbonyl (C=O) groups is 1. The molecule has 0 aliphatic rings. The van der Waals surface area contributed by atoms with E-state index in [2.05, 4.69) is 112 Å². The van der Waals surface area contributed by atoms with Crippen LogP contribution in [0.3, 0.4) is 0 Å². The maximum absolute atomic E-state index is 10.7. The first-order valence-corrected chi connectivity index (χ1v) is 17.6. The summed E-state index contributed by atoms with van der Waals surface area (Å²) in [5.74, 6) is -1.01. The van der Waals surface area contributed by atoms with Crippen LogP contribution in [0.15, 0.2) is 76.7 Å². The van der Waals surface area contributed by atoms with Crippen LogP contribution < -0.4 is 5.11 Å². The van der Waals surface area contributed by atoms with Gasteiger partial charge in [0.1, 0.15) is 0 Å². The van der Waals surface area contributed by atoms with E-state index in [0.29, 0.717) is 29.2 Å². The van der Waals surface area contributed by atoms with Crippen LogP contribution in [-0.4, -0.2) is 32.6 Å². The van der Waals surface area contributed by atoms with Crippen molar-refractivity contribution in [1.82, 2.24) is 4.98 Å². The Morgan fingerprint density at radius 2 is 0.902 bits per heavy atom. The van der Waals surface area contributed by atoms with Gasteiger partial charge in [0.15, 0.2) is 11.5 Å². The molecule has 0 atom stereocenters. The van der Waals surface area contributed by atoms with E-state index in [1.807, 2.05) is 12.1 Å². The van der Waals surface area contributed by atoms with Gasteiger partial charge in [-0.2, -0.15) is 0 Å². The molecule has 3 aromatic carbocycles. The smallest absolute Gasteiger partial charge is 0.545 e. The van der Waals surface area contributed by atoms with Gasteiger partial charge in [-0.25, -0.2) is 4.98 Å². The van der Waals surface area contributed by atoms with Gasteiger partial charge in [0.2, 0.25) is 0 Å². The van der Waals surface area contributed by atoms with E-state index in [4.69, 9.17) is 20.1 Å². The second kappa shape index (κ2) is 18.8. The number of aromatic hydroxyl groups is 2. The van der Waals surface area contributed by atoms with Gasteiger partial charge in [-0.1, -0.05) is 118 Å². The zero-order chi connectivity index (χ0) is 37.4. The number of para-hydroxylation sites is 2. The number of aliphatic imine (C=N–C) groups is 2. The molecule has 4 rings (SSSR count). The Morgan fingerprint density at radius 1 is 0.569 bits per heavy atom. The van der Waals surface area contributed by atoms with Crippen LogP contribution in [0.5, 0.6) is 11.5 Å². The molecule has 0 radical (unpaired) electrons. The van der Waals surface area contributed by atoms with E-state index in [-0.39, 0.29) is 28.3 Å². The molecule has 51 heavy (non-hydrogen) atoms. The van der Waals surface area contributed by atoms with Crippen molar-refractivity contribution >= 4 is 28.8 Å². The fourth-order valence-electron chi connectivity index (χ4n) is 5.86. The third-order valence-corrected chi connectivity index (χ3v) is 8.75. The second-order valence-electron chi connectivity index (χ2n) is 14.3. The van der Waals surface area contributed by atoms with E-state index in [0.717, 1.165) is 34.2 Å². The van der Waals surface area contributed by atoms with Crippen LogP contribution >= 0.6 is 0 Å². The van der Waals surface area contributed by atoms with Gasteiger partial charge < -0.3 is 20.1 Å². The minimum absolute atomic E-state index is 0. The minimum Gasteiger partial charge on any atom is -0.545 e. The van der Waals surface area contributed by atoms with E-state index in [1.165, 1.54) is 34.4 Å². The minimum atomic E-state index is -1.48. The van der Waals surface area contributed by atoms with Gasteiger partial charge in [-0.15, -0.1) is 0 Å². The van der Waals surface area contributed by atoms with Crippen molar-refractivity contribution in [3.63, 3.8) is 0 Å². The molecule has 0 fully saturated rings. The average molecular weight is 736 g/mol.